The van der Waals surface area contributed by atoms with Crippen LogP contribution in [0.1, 0.15) is 25.9 Å². The van der Waals surface area contributed by atoms with Crippen molar-refractivity contribution in [1.29, 1.82) is 0 Å². The van der Waals surface area contributed by atoms with E-state index in [1.807, 2.05) is 12.3 Å². The van der Waals surface area contributed by atoms with Crippen LogP contribution in [0, 0.1) is 13.8 Å². The first-order chi connectivity index (χ1) is 9.97. The number of carbonyl (C=O) groups is 1. The molecule has 6 nitrogen and oxygen atoms in total. The third-order valence-electron chi connectivity index (χ3n) is 3.11. The standard InChI is InChI=1S/C13H11N3O3S2/c1-6-9-11(21-10(6)13(18)19)14-5-16(12(9)17)3-8-4-20-7(2)15-8/h4-5H,3H2,1-2H3,(H,18,19). The van der Waals surface area contributed by atoms with E-state index in [-0.39, 0.29) is 10.4 Å². The fourth-order valence-corrected chi connectivity index (χ4v) is 3.71. The van der Waals surface area contributed by atoms with Crippen molar-refractivity contribution in [3.05, 3.63) is 43.2 Å². The molecule has 21 heavy (non-hydrogen) atoms. The second-order valence-corrected chi connectivity index (χ2v) is 6.64. The Kier molecular flexibility index (Phi) is 3.34. The number of aryl methyl sites for hydroxylation is 2. The highest BCUT2D eigenvalue weighted by Gasteiger charge is 2.18. The Morgan fingerprint density at radius 2 is 2.19 bits per heavy atom. The molecular formula is C13H11N3O3S2. The Morgan fingerprint density at radius 3 is 2.81 bits per heavy atom. The van der Waals surface area contributed by atoms with Gasteiger partial charge in [0, 0.05) is 5.38 Å². The molecule has 0 aliphatic rings. The zero-order chi connectivity index (χ0) is 15.1. The number of carboxylic acids is 1. The van der Waals surface area contributed by atoms with Crippen LogP contribution in [0.3, 0.4) is 0 Å². The summed E-state index contributed by atoms with van der Waals surface area (Å²) in [6, 6.07) is 0. The molecule has 3 aromatic rings. The molecule has 0 atom stereocenters. The zero-order valence-electron chi connectivity index (χ0n) is 11.3. The minimum absolute atomic E-state index is 0.164. The van der Waals surface area contributed by atoms with Gasteiger partial charge in [-0.3, -0.25) is 9.36 Å². The van der Waals surface area contributed by atoms with Crippen LogP contribution in [0.4, 0.5) is 0 Å². The average molecular weight is 321 g/mol. The van der Waals surface area contributed by atoms with E-state index in [4.69, 9.17) is 5.11 Å². The summed E-state index contributed by atoms with van der Waals surface area (Å²) in [7, 11) is 0. The molecule has 108 valence electrons. The van der Waals surface area contributed by atoms with E-state index in [9.17, 15) is 9.59 Å². The minimum Gasteiger partial charge on any atom is -0.477 e. The number of hydrogen-bond acceptors (Lipinski definition) is 6. The SMILES string of the molecule is Cc1nc(Cn2cnc3sc(C(=O)O)c(C)c3c2=O)cs1. The van der Waals surface area contributed by atoms with Gasteiger partial charge in [-0.05, 0) is 19.4 Å². The third-order valence-corrected chi connectivity index (χ3v) is 5.12. The van der Waals surface area contributed by atoms with Crippen molar-refractivity contribution in [3.63, 3.8) is 0 Å². The van der Waals surface area contributed by atoms with Crippen molar-refractivity contribution in [2.24, 2.45) is 0 Å². The molecule has 3 heterocycles. The van der Waals surface area contributed by atoms with Crippen LogP contribution in [0.5, 0.6) is 0 Å². The van der Waals surface area contributed by atoms with Gasteiger partial charge in [0.2, 0.25) is 0 Å². The van der Waals surface area contributed by atoms with Crippen LogP contribution in [0.2, 0.25) is 0 Å². The molecular weight excluding hydrogens is 310 g/mol. The summed E-state index contributed by atoms with van der Waals surface area (Å²) < 4.78 is 1.46. The molecule has 3 rings (SSSR count). The molecule has 0 spiro atoms. The Bertz CT molecular complexity index is 907. The van der Waals surface area contributed by atoms with Crippen molar-refractivity contribution >= 4 is 38.9 Å². The second kappa shape index (κ2) is 5.05. The molecule has 8 heteroatoms. The predicted octanol–water partition coefficient (Wildman–Crippen LogP) is 2.28. The third kappa shape index (κ3) is 2.36. The molecule has 0 aromatic carbocycles. The van der Waals surface area contributed by atoms with Crippen LogP contribution in [0.15, 0.2) is 16.5 Å². The van der Waals surface area contributed by atoms with E-state index in [0.29, 0.717) is 22.3 Å². The second-order valence-electron chi connectivity index (χ2n) is 4.58. The Hall–Kier alpha value is -2.06. The van der Waals surface area contributed by atoms with Crippen molar-refractivity contribution in [1.82, 2.24) is 14.5 Å². The van der Waals surface area contributed by atoms with Gasteiger partial charge in [0.15, 0.2) is 0 Å². The van der Waals surface area contributed by atoms with Crippen LogP contribution in [-0.4, -0.2) is 25.6 Å². The van der Waals surface area contributed by atoms with Gasteiger partial charge >= 0.3 is 5.97 Å². The van der Waals surface area contributed by atoms with Crippen LogP contribution in [-0.2, 0) is 6.54 Å². The summed E-state index contributed by atoms with van der Waals surface area (Å²) in [5.74, 6) is -1.03. The lowest BCUT2D eigenvalue weighted by Gasteiger charge is -2.02. The van der Waals surface area contributed by atoms with Gasteiger partial charge in [-0.25, -0.2) is 14.8 Å². The summed E-state index contributed by atoms with van der Waals surface area (Å²) in [5, 5.41) is 12.3. The maximum atomic E-state index is 12.5. The molecule has 0 unspecified atom stereocenters. The van der Waals surface area contributed by atoms with Gasteiger partial charge in [-0.2, -0.15) is 0 Å². The predicted molar refractivity (Wildman–Crippen MR) is 81.5 cm³/mol. The van der Waals surface area contributed by atoms with Crippen molar-refractivity contribution < 1.29 is 9.90 Å². The number of nitrogens with zero attached hydrogens (tertiary/aromatic N) is 3. The van der Waals surface area contributed by atoms with Gasteiger partial charge in [-0.1, -0.05) is 0 Å². The number of hydrogen-bond donors (Lipinski definition) is 1. The van der Waals surface area contributed by atoms with E-state index >= 15 is 0 Å². The van der Waals surface area contributed by atoms with E-state index in [1.54, 1.807) is 6.92 Å². The maximum absolute atomic E-state index is 12.5. The van der Waals surface area contributed by atoms with Crippen molar-refractivity contribution in [2.45, 2.75) is 20.4 Å². The topological polar surface area (TPSA) is 85.1 Å². The van der Waals surface area contributed by atoms with Gasteiger partial charge in [0.05, 0.1) is 29.0 Å². The van der Waals surface area contributed by atoms with E-state index in [0.717, 1.165) is 22.0 Å². The first kappa shape index (κ1) is 13.9. The van der Waals surface area contributed by atoms with Gasteiger partial charge in [0.1, 0.15) is 9.71 Å². The van der Waals surface area contributed by atoms with Crippen molar-refractivity contribution in [2.75, 3.05) is 0 Å². The fourth-order valence-electron chi connectivity index (χ4n) is 2.13. The van der Waals surface area contributed by atoms with Gasteiger partial charge in [-0.15, -0.1) is 22.7 Å². The molecule has 0 saturated carbocycles. The Labute approximate surface area is 127 Å². The number of aromatic nitrogens is 3. The number of aromatic carboxylic acids is 1. The van der Waals surface area contributed by atoms with Gasteiger partial charge in [0.25, 0.3) is 5.56 Å². The number of rotatable bonds is 3. The number of carboxylic acid groups (broad SMARTS) is 1. The highest BCUT2D eigenvalue weighted by molar-refractivity contribution is 7.20. The molecule has 3 aromatic heterocycles. The summed E-state index contributed by atoms with van der Waals surface area (Å²) in [4.78, 5) is 32.8. The normalized spacial score (nSPS) is 11.1. The summed E-state index contributed by atoms with van der Waals surface area (Å²) in [5.41, 5.74) is 1.04. The monoisotopic (exact) mass is 321 g/mol. The molecule has 0 radical (unpaired) electrons. The number of thiazole rings is 1. The van der Waals surface area contributed by atoms with Crippen LogP contribution in [0.25, 0.3) is 10.2 Å². The van der Waals surface area contributed by atoms with E-state index in [2.05, 4.69) is 9.97 Å². The molecule has 0 saturated heterocycles. The zero-order valence-corrected chi connectivity index (χ0v) is 12.9. The average Bonchev–Trinajstić information content (AvgIpc) is 2.97. The van der Waals surface area contributed by atoms with Crippen LogP contribution >= 0.6 is 22.7 Å². The van der Waals surface area contributed by atoms with Gasteiger partial charge < -0.3 is 5.11 Å². The Morgan fingerprint density at radius 1 is 1.43 bits per heavy atom. The molecule has 0 fully saturated rings. The first-order valence-electron chi connectivity index (χ1n) is 6.10. The largest absolute Gasteiger partial charge is 0.477 e. The van der Waals surface area contributed by atoms with Crippen LogP contribution < -0.4 is 5.56 Å². The summed E-state index contributed by atoms with van der Waals surface area (Å²) >= 11 is 2.55. The first-order valence-corrected chi connectivity index (χ1v) is 7.80. The van der Waals surface area contributed by atoms with E-state index in [1.165, 1.54) is 22.2 Å². The molecule has 1 N–H and O–H groups in total. The quantitative estimate of drug-likeness (QED) is 0.800. The highest BCUT2D eigenvalue weighted by atomic mass is 32.1. The lowest BCUT2D eigenvalue weighted by Crippen LogP contribution is -2.21. The lowest BCUT2D eigenvalue weighted by molar-refractivity contribution is 0.0701. The Balaban J connectivity index is 2.13. The summed E-state index contributed by atoms with van der Waals surface area (Å²) in [6.45, 7) is 3.88. The molecule has 0 bridgehead atoms. The maximum Gasteiger partial charge on any atom is 0.346 e. The van der Waals surface area contributed by atoms with E-state index < -0.39 is 5.97 Å². The molecule has 0 amide bonds. The fraction of sp³-hybridized carbons (Fsp3) is 0.231. The smallest absolute Gasteiger partial charge is 0.346 e. The van der Waals surface area contributed by atoms with Crippen molar-refractivity contribution in [3.8, 4) is 0 Å². The molecule has 0 aliphatic carbocycles. The number of thiophene rings is 1. The summed E-state index contributed by atoms with van der Waals surface area (Å²) in [6.07, 6.45) is 1.45. The minimum atomic E-state index is -1.03. The highest BCUT2D eigenvalue weighted by Crippen LogP contribution is 2.26. The molecule has 0 aliphatic heterocycles. The lowest BCUT2D eigenvalue weighted by atomic mass is 10.2. The number of fused-ring (bicyclic) bond motifs is 1.